The summed E-state index contributed by atoms with van der Waals surface area (Å²) in [4.78, 5) is 13.3. The van der Waals surface area contributed by atoms with Crippen molar-refractivity contribution in [3.8, 4) is 11.8 Å². The average molecular weight is 351 g/mol. The Morgan fingerprint density at radius 1 is 1.23 bits per heavy atom. The number of ether oxygens (including phenoxy) is 1. The highest BCUT2D eigenvalue weighted by molar-refractivity contribution is 5.85. The number of carboxylic acid groups (broad SMARTS) is 1. The molecule has 0 radical (unpaired) electrons. The summed E-state index contributed by atoms with van der Waals surface area (Å²) in [6, 6.07) is 11.1. The first kappa shape index (κ1) is 17.6. The molecule has 1 amide bonds. The van der Waals surface area contributed by atoms with Crippen LogP contribution in [0.25, 0.3) is 0 Å². The van der Waals surface area contributed by atoms with Crippen LogP contribution in [-0.2, 0) is 4.74 Å². The zero-order chi connectivity index (χ0) is 18.5. The fourth-order valence-electron chi connectivity index (χ4n) is 2.86. The van der Waals surface area contributed by atoms with E-state index < -0.39 is 6.09 Å². The van der Waals surface area contributed by atoms with Crippen LogP contribution in [0.3, 0.4) is 0 Å². The largest absolute Gasteiger partial charge is 0.465 e. The van der Waals surface area contributed by atoms with E-state index in [-0.39, 0.29) is 0 Å². The molecule has 0 saturated carbocycles. The normalized spacial score (nSPS) is 13.7. The summed E-state index contributed by atoms with van der Waals surface area (Å²) in [5.74, 6) is 6.29. The van der Waals surface area contributed by atoms with Crippen molar-refractivity contribution in [1.29, 1.82) is 0 Å². The molecule has 0 unspecified atom stereocenters. The first-order chi connectivity index (χ1) is 12.5. The van der Waals surface area contributed by atoms with Gasteiger partial charge in [-0.3, -0.25) is 5.32 Å². The second-order valence-electron chi connectivity index (χ2n) is 6.09. The number of nitrogens with zero attached hydrogens (tertiary/aromatic N) is 1. The second kappa shape index (κ2) is 7.81. The highest BCUT2D eigenvalue weighted by Crippen LogP contribution is 2.28. The number of anilines is 3. The molecule has 6 heteroatoms. The number of rotatable bonds is 2. The smallest absolute Gasteiger partial charge is 0.409 e. The van der Waals surface area contributed by atoms with Crippen LogP contribution in [0.5, 0.6) is 0 Å². The summed E-state index contributed by atoms with van der Waals surface area (Å²) in [6.45, 7) is 4.76. The topological polar surface area (TPSA) is 87.8 Å². The van der Waals surface area contributed by atoms with Crippen LogP contribution in [0.15, 0.2) is 36.4 Å². The maximum absolute atomic E-state index is 11.0. The van der Waals surface area contributed by atoms with Gasteiger partial charge in [-0.05, 0) is 42.8 Å². The van der Waals surface area contributed by atoms with Crippen LogP contribution in [-0.4, -0.2) is 37.5 Å². The minimum absolute atomic E-state index is 0.534. The summed E-state index contributed by atoms with van der Waals surface area (Å²) in [6.07, 6.45) is -1.10. The van der Waals surface area contributed by atoms with Gasteiger partial charge < -0.3 is 20.5 Å². The molecule has 1 aliphatic heterocycles. The third-order valence-corrected chi connectivity index (χ3v) is 4.16. The molecule has 1 fully saturated rings. The minimum atomic E-state index is -1.10. The van der Waals surface area contributed by atoms with Gasteiger partial charge in [-0.1, -0.05) is 17.9 Å². The number of benzene rings is 2. The van der Waals surface area contributed by atoms with E-state index in [1.807, 2.05) is 37.3 Å². The van der Waals surface area contributed by atoms with Crippen LogP contribution >= 0.6 is 0 Å². The van der Waals surface area contributed by atoms with Crippen molar-refractivity contribution in [3.05, 3.63) is 53.1 Å². The van der Waals surface area contributed by atoms with E-state index >= 15 is 0 Å². The van der Waals surface area contributed by atoms with Gasteiger partial charge in [-0.25, -0.2) is 4.79 Å². The van der Waals surface area contributed by atoms with Crippen LogP contribution in [0.1, 0.15) is 16.7 Å². The minimum Gasteiger partial charge on any atom is -0.465 e. The molecule has 1 heterocycles. The van der Waals surface area contributed by atoms with E-state index in [0.717, 1.165) is 35.5 Å². The first-order valence-corrected chi connectivity index (χ1v) is 8.38. The maximum Gasteiger partial charge on any atom is 0.409 e. The molecule has 2 aromatic carbocycles. The van der Waals surface area contributed by atoms with E-state index in [9.17, 15) is 4.79 Å². The van der Waals surface area contributed by atoms with Crippen molar-refractivity contribution in [2.45, 2.75) is 6.92 Å². The lowest BCUT2D eigenvalue weighted by Gasteiger charge is -2.30. The number of amides is 1. The Labute approximate surface area is 152 Å². The van der Waals surface area contributed by atoms with Crippen molar-refractivity contribution in [2.75, 3.05) is 42.3 Å². The van der Waals surface area contributed by atoms with Gasteiger partial charge in [0, 0.05) is 30.0 Å². The predicted octanol–water partition coefficient (Wildman–Crippen LogP) is 2.90. The lowest BCUT2D eigenvalue weighted by molar-refractivity contribution is 0.122. The van der Waals surface area contributed by atoms with Gasteiger partial charge in [0.05, 0.1) is 24.5 Å². The summed E-state index contributed by atoms with van der Waals surface area (Å²) >= 11 is 0. The molecule has 26 heavy (non-hydrogen) atoms. The molecule has 3 rings (SSSR count). The highest BCUT2D eigenvalue weighted by atomic mass is 16.5. The summed E-state index contributed by atoms with van der Waals surface area (Å²) in [5, 5.41) is 11.5. The number of nitrogens with one attached hydrogen (secondary N) is 1. The molecule has 6 nitrogen and oxygen atoms in total. The Morgan fingerprint density at radius 2 is 2.00 bits per heavy atom. The fourth-order valence-corrected chi connectivity index (χ4v) is 2.86. The third-order valence-electron chi connectivity index (χ3n) is 4.16. The van der Waals surface area contributed by atoms with E-state index in [0.29, 0.717) is 24.6 Å². The monoisotopic (exact) mass is 351 g/mol. The second-order valence-corrected chi connectivity index (χ2v) is 6.09. The molecular formula is C20H21N3O3. The van der Waals surface area contributed by atoms with Gasteiger partial charge in [0.25, 0.3) is 0 Å². The lowest BCUT2D eigenvalue weighted by atomic mass is 10.0. The molecule has 0 bridgehead atoms. The standard InChI is InChI=1S/C20H21N3O3/c1-14-11-19(23-7-9-26-10-8-23)16(13-18(14)22-20(24)25)6-5-15-3-2-4-17(21)12-15/h2-4,11-13,22H,7-10,21H2,1H3,(H,24,25). The number of morpholine rings is 1. The van der Waals surface area contributed by atoms with Gasteiger partial charge in [0.2, 0.25) is 0 Å². The van der Waals surface area contributed by atoms with Crippen molar-refractivity contribution < 1.29 is 14.6 Å². The number of hydrogen-bond acceptors (Lipinski definition) is 4. The van der Waals surface area contributed by atoms with Gasteiger partial charge >= 0.3 is 6.09 Å². The van der Waals surface area contributed by atoms with Gasteiger partial charge in [-0.2, -0.15) is 0 Å². The Balaban J connectivity index is 2.03. The molecule has 0 aromatic heterocycles. The Bertz CT molecular complexity index is 878. The van der Waals surface area contributed by atoms with Crippen molar-refractivity contribution in [2.24, 2.45) is 0 Å². The predicted molar refractivity (Wildman–Crippen MR) is 103 cm³/mol. The zero-order valence-corrected chi connectivity index (χ0v) is 14.6. The van der Waals surface area contributed by atoms with Crippen molar-refractivity contribution in [3.63, 3.8) is 0 Å². The third kappa shape index (κ3) is 4.26. The van der Waals surface area contributed by atoms with Gasteiger partial charge in [0.1, 0.15) is 0 Å². The van der Waals surface area contributed by atoms with Crippen LogP contribution in [0.4, 0.5) is 21.9 Å². The van der Waals surface area contributed by atoms with E-state index in [2.05, 4.69) is 22.1 Å². The zero-order valence-electron chi connectivity index (χ0n) is 14.6. The Kier molecular flexibility index (Phi) is 5.30. The number of hydrogen-bond donors (Lipinski definition) is 3. The number of nitrogen functional groups attached to an aromatic ring is 1. The van der Waals surface area contributed by atoms with Crippen molar-refractivity contribution >= 4 is 23.2 Å². The van der Waals surface area contributed by atoms with E-state index in [1.165, 1.54) is 0 Å². The highest BCUT2D eigenvalue weighted by Gasteiger charge is 2.16. The molecule has 1 aliphatic rings. The van der Waals surface area contributed by atoms with Gasteiger partial charge in [0.15, 0.2) is 0 Å². The summed E-state index contributed by atoms with van der Waals surface area (Å²) < 4.78 is 5.43. The summed E-state index contributed by atoms with van der Waals surface area (Å²) in [5.41, 5.74) is 10.4. The maximum atomic E-state index is 11.0. The molecule has 0 spiro atoms. The first-order valence-electron chi connectivity index (χ1n) is 8.38. The molecule has 2 aromatic rings. The van der Waals surface area contributed by atoms with E-state index in [1.54, 1.807) is 6.07 Å². The number of nitrogens with two attached hydrogens (primary N) is 1. The molecule has 4 N–H and O–H groups in total. The molecule has 0 aliphatic carbocycles. The number of carbonyl (C=O) groups is 1. The van der Waals surface area contributed by atoms with Gasteiger partial charge in [-0.15, -0.1) is 0 Å². The SMILES string of the molecule is Cc1cc(N2CCOCC2)c(C#Cc2cccc(N)c2)cc1NC(=O)O. The number of aryl methyl sites for hydroxylation is 1. The molecule has 0 atom stereocenters. The van der Waals surface area contributed by atoms with Crippen molar-refractivity contribution in [1.82, 2.24) is 0 Å². The van der Waals surface area contributed by atoms with Crippen LogP contribution in [0.2, 0.25) is 0 Å². The quantitative estimate of drug-likeness (QED) is 0.572. The lowest BCUT2D eigenvalue weighted by Crippen LogP contribution is -2.36. The fraction of sp³-hybridized carbons (Fsp3) is 0.250. The summed E-state index contributed by atoms with van der Waals surface area (Å²) in [7, 11) is 0. The van der Waals surface area contributed by atoms with Crippen LogP contribution in [0, 0.1) is 18.8 Å². The molecule has 1 saturated heterocycles. The molecule has 134 valence electrons. The van der Waals surface area contributed by atoms with E-state index in [4.69, 9.17) is 15.6 Å². The molecular weight excluding hydrogens is 330 g/mol. The Morgan fingerprint density at radius 3 is 2.69 bits per heavy atom. The Hall–Kier alpha value is -3.17. The average Bonchev–Trinajstić information content (AvgIpc) is 2.62. The van der Waals surface area contributed by atoms with Crippen LogP contribution < -0.4 is 16.0 Å².